The molecule has 0 radical (unpaired) electrons. The molecule has 3 aromatic rings. The van der Waals surface area contributed by atoms with E-state index in [1.54, 1.807) is 19.0 Å². The highest BCUT2D eigenvalue weighted by molar-refractivity contribution is 5.97. The number of ether oxygens (including phenoxy) is 1. The van der Waals surface area contributed by atoms with Crippen LogP contribution in [0.4, 0.5) is 10.5 Å². The summed E-state index contributed by atoms with van der Waals surface area (Å²) in [7, 11) is 5.49. The van der Waals surface area contributed by atoms with Gasteiger partial charge in [0.15, 0.2) is 0 Å². The first-order valence-electron chi connectivity index (χ1n) is 11.5. The number of rotatable bonds is 6. The second-order valence-electron chi connectivity index (χ2n) is 8.61. The molecule has 0 spiro atoms. The summed E-state index contributed by atoms with van der Waals surface area (Å²) in [4.78, 5) is 35.6. The van der Waals surface area contributed by atoms with Gasteiger partial charge >= 0.3 is 6.03 Å². The Labute approximate surface area is 199 Å². The topological polar surface area (TPSA) is 82.9 Å². The molecule has 0 aliphatic carbocycles. The van der Waals surface area contributed by atoms with Gasteiger partial charge in [-0.2, -0.15) is 0 Å². The van der Waals surface area contributed by atoms with E-state index in [1.807, 2.05) is 61.3 Å². The summed E-state index contributed by atoms with van der Waals surface area (Å²) in [5, 5.41) is 2.97. The van der Waals surface area contributed by atoms with Gasteiger partial charge in [0.05, 0.1) is 29.9 Å². The van der Waals surface area contributed by atoms with E-state index in [9.17, 15) is 9.59 Å². The summed E-state index contributed by atoms with van der Waals surface area (Å²) in [5.41, 5.74) is 3.13. The molecule has 0 unspecified atom stereocenters. The minimum absolute atomic E-state index is 0.0348. The van der Waals surface area contributed by atoms with Gasteiger partial charge in [0.25, 0.3) is 5.91 Å². The molecule has 0 bridgehead atoms. The number of nitrogens with zero attached hydrogens (tertiary/aromatic N) is 5. The van der Waals surface area contributed by atoms with Crippen LogP contribution < -0.4 is 10.1 Å². The van der Waals surface area contributed by atoms with Gasteiger partial charge in [0.2, 0.25) is 0 Å². The van der Waals surface area contributed by atoms with Crippen molar-refractivity contribution in [3.63, 3.8) is 0 Å². The van der Waals surface area contributed by atoms with Crippen molar-refractivity contribution in [1.29, 1.82) is 0 Å². The Morgan fingerprint density at radius 1 is 1.09 bits per heavy atom. The number of urea groups is 1. The van der Waals surface area contributed by atoms with E-state index in [-0.39, 0.29) is 11.9 Å². The lowest BCUT2D eigenvalue weighted by molar-refractivity contribution is 0.0827. The highest BCUT2D eigenvalue weighted by Gasteiger charge is 2.23. The first kappa shape index (κ1) is 23.6. The molecule has 0 saturated carbocycles. The number of hydrogen-bond donors (Lipinski definition) is 1. The van der Waals surface area contributed by atoms with Crippen LogP contribution in [0, 0.1) is 0 Å². The molecule has 2 heterocycles. The standard InChI is InChI=1S/C25H32N6O3/c1-5-34-22-9-7-6-8-19(22)27-25(33)31-14-12-30(13-15-31)17-23-26-20-16-18(24(32)28(2)3)10-11-21(20)29(23)4/h6-11,16H,5,12-15,17H2,1-4H3,(H,27,33). The average Bonchev–Trinajstić information content (AvgIpc) is 3.14. The maximum Gasteiger partial charge on any atom is 0.322 e. The quantitative estimate of drug-likeness (QED) is 0.606. The Kier molecular flexibility index (Phi) is 7.02. The van der Waals surface area contributed by atoms with Crippen LogP contribution in [0.3, 0.4) is 0 Å². The number of hydrogen-bond acceptors (Lipinski definition) is 5. The van der Waals surface area contributed by atoms with Gasteiger partial charge in [-0.1, -0.05) is 12.1 Å². The Morgan fingerprint density at radius 3 is 2.53 bits per heavy atom. The molecule has 3 amide bonds. The third-order valence-corrected chi connectivity index (χ3v) is 6.08. The van der Waals surface area contributed by atoms with E-state index < -0.39 is 0 Å². The van der Waals surface area contributed by atoms with Crippen LogP contribution >= 0.6 is 0 Å². The van der Waals surface area contributed by atoms with Gasteiger partial charge in [-0.3, -0.25) is 9.69 Å². The molecule has 4 rings (SSSR count). The van der Waals surface area contributed by atoms with Crippen molar-refractivity contribution in [2.45, 2.75) is 13.5 Å². The number of piperazine rings is 1. The van der Waals surface area contributed by atoms with Gasteiger partial charge in [-0.15, -0.1) is 0 Å². The first-order valence-corrected chi connectivity index (χ1v) is 11.5. The molecule has 0 atom stereocenters. The zero-order chi connectivity index (χ0) is 24.2. The summed E-state index contributed by atoms with van der Waals surface area (Å²) >= 11 is 0. The smallest absolute Gasteiger partial charge is 0.322 e. The predicted octanol–water partition coefficient (Wildman–Crippen LogP) is 3.02. The zero-order valence-corrected chi connectivity index (χ0v) is 20.2. The van der Waals surface area contributed by atoms with Crippen LogP contribution in [0.2, 0.25) is 0 Å². The number of imidazole rings is 1. The highest BCUT2D eigenvalue weighted by atomic mass is 16.5. The Morgan fingerprint density at radius 2 is 1.82 bits per heavy atom. The number of anilines is 1. The van der Waals surface area contributed by atoms with Crippen molar-refractivity contribution >= 4 is 28.7 Å². The fraction of sp³-hybridized carbons (Fsp3) is 0.400. The molecule has 34 heavy (non-hydrogen) atoms. The number of aryl methyl sites for hydroxylation is 1. The number of nitrogens with one attached hydrogen (secondary N) is 1. The molecular formula is C25H32N6O3. The minimum atomic E-state index is -0.118. The Hall–Kier alpha value is -3.59. The van der Waals surface area contributed by atoms with Gasteiger partial charge in [-0.25, -0.2) is 9.78 Å². The van der Waals surface area contributed by atoms with Crippen LogP contribution in [0.1, 0.15) is 23.1 Å². The normalized spacial score (nSPS) is 14.3. The minimum Gasteiger partial charge on any atom is -0.492 e. The fourth-order valence-corrected chi connectivity index (χ4v) is 4.14. The molecule has 1 fully saturated rings. The number of carbonyl (C=O) groups excluding carboxylic acids is 2. The van der Waals surface area contributed by atoms with E-state index in [0.29, 0.717) is 43.2 Å². The molecular weight excluding hydrogens is 432 g/mol. The molecule has 1 N–H and O–H groups in total. The summed E-state index contributed by atoms with van der Waals surface area (Å²) in [5.74, 6) is 1.58. The summed E-state index contributed by atoms with van der Waals surface area (Å²) in [6.45, 7) is 5.93. The van der Waals surface area contributed by atoms with Crippen LogP contribution in [-0.4, -0.2) is 83.1 Å². The molecule has 2 aromatic carbocycles. The molecule has 9 heteroatoms. The fourth-order valence-electron chi connectivity index (χ4n) is 4.14. The molecule has 1 aliphatic heterocycles. The van der Waals surface area contributed by atoms with Crippen LogP contribution in [0.15, 0.2) is 42.5 Å². The number of benzene rings is 2. The Balaban J connectivity index is 1.37. The SMILES string of the molecule is CCOc1ccccc1NC(=O)N1CCN(Cc2nc3cc(C(=O)N(C)C)ccc3n2C)CC1. The van der Waals surface area contributed by atoms with E-state index in [4.69, 9.17) is 9.72 Å². The number of para-hydroxylation sites is 2. The van der Waals surface area contributed by atoms with E-state index in [1.165, 1.54) is 0 Å². The average molecular weight is 465 g/mol. The summed E-state index contributed by atoms with van der Waals surface area (Å²) in [6.07, 6.45) is 0. The van der Waals surface area contributed by atoms with Crippen molar-refractivity contribution in [2.24, 2.45) is 7.05 Å². The second kappa shape index (κ2) is 10.1. The van der Waals surface area contributed by atoms with Crippen LogP contribution in [-0.2, 0) is 13.6 Å². The predicted molar refractivity (Wildman–Crippen MR) is 132 cm³/mol. The van der Waals surface area contributed by atoms with Crippen molar-refractivity contribution in [3.8, 4) is 5.75 Å². The third-order valence-electron chi connectivity index (χ3n) is 6.08. The number of carbonyl (C=O) groups is 2. The third kappa shape index (κ3) is 4.99. The molecule has 1 saturated heterocycles. The first-order chi connectivity index (χ1) is 16.4. The van der Waals surface area contributed by atoms with Gasteiger partial charge in [0.1, 0.15) is 11.6 Å². The number of fused-ring (bicyclic) bond motifs is 1. The molecule has 9 nitrogen and oxygen atoms in total. The maximum absolute atomic E-state index is 12.8. The van der Waals surface area contributed by atoms with Gasteiger partial charge in [-0.05, 0) is 37.3 Å². The molecule has 1 aliphatic rings. The monoisotopic (exact) mass is 464 g/mol. The van der Waals surface area contributed by atoms with Crippen molar-refractivity contribution < 1.29 is 14.3 Å². The van der Waals surface area contributed by atoms with Crippen molar-refractivity contribution in [2.75, 3.05) is 52.2 Å². The van der Waals surface area contributed by atoms with Crippen LogP contribution in [0.5, 0.6) is 5.75 Å². The van der Waals surface area contributed by atoms with Gasteiger partial charge < -0.3 is 24.4 Å². The summed E-state index contributed by atoms with van der Waals surface area (Å²) < 4.78 is 7.68. The second-order valence-corrected chi connectivity index (χ2v) is 8.61. The van der Waals surface area contributed by atoms with Crippen LogP contribution in [0.25, 0.3) is 11.0 Å². The Bertz CT molecular complexity index is 1180. The van der Waals surface area contributed by atoms with E-state index in [0.717, 1.165) is 29.9 Å². The van der Waals surface area contributed by atoms with E-state index in [2.05, 4.69) is 14.8 Å². The van der Waals surface area contributed by atoms with Crippen molar-refractivity contribution in [3.05, 3.63) is 53.9 Å². The lowest BCUT2D eigenvalue weighted by Gasteiger charge is -2.34. The summed E-state index contributed by atoms with van der Waals surface area (Å²) in [6, 6.07) is 13.0. The van der Waals surface area contributed by atoms with Crippen molar-refractivity contribution in [1.82, 2.24) is 24.3 Å². The highest BCUT2D eigenvalue weighted by Crippen LogP contribution is 2.24. The largest absolute Gasteiger partial charge is 0.492 e. The number of amides is 3. The number of aromatic nitrogens is 2. The van der Waals surface area contributed by atoms with Gasteiger partial charge in [0, 0.05) is 52.9 Å². The lowest BCUT2D eigenvalue weighted by atomic mass is 10.2. The molecule has 180 valence electrons. The lowest BCUT2D eigenvalue weighted by Crippen LogP contribution is -2.49. The van der Waals surface area contributed by atoms with E-state index >= 15 is 0 Å². The molecule has 1 aromatic heterocycles. The maximum atomic E-state index is 12.8. The zero-order valence-electron chi connectivity index (χ0n) is 20.2.